The van der Waals surface area contributed by atoms with E-state index < -0.39 is 0 Å². The number of amides is 1. The fraction of sp³-hybridized carbons (Fsp3) is 0.556. The van der Waals surface area contributed by atoms with Gasteiger partial charge in [0.1, 0.15) is 0 Å². The van der Waals surface area contributed by atoms with Crippen LogP contribution in [0.15, 0.2) is 16.8 Å². The van der Waals surface area contributed by atoms with E-state index in [1.54, 1.807) is 0 Å². The van der Waals surface area contributed by atoms with Crippen LogP contribution in [0.4, 0.5) is 0 Å². The van der Waals surface area contributed by atoms with E-state index in [1.165, 1.54) is 12.3 Å². The number of hydrogen-bond donors (Lipinski definition) is 2. The van der Waals surface area contributed by atoms with Crippen molar-refractivity contribution in [3.05, 3.63) is 18.0 Å². The Bertz CT molecular complexity index is 310. The lowest BCUT2D eigenvalue weighted by Gasteiger charge is -2.15. The van der Waals surface area contributed by atoms with Crippen LogP contribution >= 0.6 is 0 Å². The molecule has 0 saturated heterocycles. The Morgan fingerprint density at radius 3 is 3.07 bits per heavy atom. The predicted molar refractivity (Wildman–Crippen MR) is 49.6 cm³/mol. The molecule has 0 aromatic carbocycles. The van der Waals surface area contributed by atoms with Crippen LogP contribution in [0.5, 0.6) is 0 Å². The molecule has 0 bridgehead atoms. The summed E-state index contributed by atoms with van der Waals surface area (Å²) >= 11 is 0. The highest BCUT2D eigenvalue weighted by Crippen LogP contribution is 2.17. The third-order valence-electron chi connectivity index (χ3n) is 2.55. The quantitative estimate of drug-likeness (QED) is 0.710. The molecule has 1 aromatic heterocycles. The highest BCUT2D eigenvalue weighted by Gasteiger charge is 2.26. The van der Waals surface area contributed by atoms with Crippen LogP contribution in [0.2, 0.25) is 0 Å². The first-order chi connectivity index (χ1) is 6.77. The number of hydrogen-bond acceptors (Lipinski definition) is 4. The van der Waals surface area contributed by atoms with Crippen molar-refractivity contribution >= 4 is 5.91 Å². The molecule has 76 valence electrons. The average molecular weight is 195 g/mol. The van der Waals surface area contributed by atoms with Crippen LogP contribution < -0.4 is 11.1 Å². The third-order valence-corrected chi connectivity index (χ3v) is 2.55. The van der Waals surface area contributed by atoms with E-state index in [0.717, 1.165) is 19.3 Å². The van der Waals surface area contributed by atoms with E-state index in [9.17, 15) is 4.79 Å². The summed E-state index contributed by atoms with van der Waals surface area (Å²) in [6.45, 7) is 0. The molecule has 0 aliphatic heterocycles. The van der Waals surface area contributed by atoms with Crippen LogP contribution in [0.1, 0.15) is 29.8 Å². The average Bonchev–Trinajstić information content (AvgIpc) is 2.77. The van der Waals surface area contributed by atoms with Gasteiger partial charge in [-0.25, -0.2) is 0 Å². The van der Waals surface area contributed by atoms with Gasteiger partial charge in [-0.15, -0.1) is 0 Å². The molecular formula is C9H13N3O2. The number of nitrogens with zero attached hydrogens (tertiary/aromatic N) is 1. The molecule has 2 unspecified atom stereocenters. The minimum Gasteiger partial charge on any atom is -0.351 e. The van der Waals surface area contributed by atoms with Gasteiger partial charge >= 0.3 is 0 Å². The molecule has 1 saturated carbocycles. The van der Waals surface area contributed by atoms with E-state index in [2.05, 4.69) is 10.5 Å². The lowest BCUT2D eigenvalue weighted by molar-refractivity contribution is 0.0897. The van der Waals surface area contributed by atoms with E-state index in [0.29, 0.717) is 0 Å². The normalized spacial score (nSPS) is 26.4. The summed E-state index contributed by atoms with van der Waals surface area (Å²) in [4.78, 5) is 11.5. The summed E-state index contributed by atoms with van der Waals surface area (Å²) in [5.74, 6) is 0.00829. The molecule has 5 nitrogen and oxygen atoms in total. The molecule has 1 aliphatic rings. The topological polar surface area (TPSA) is 81.1 Å². The van der Waals surface area contributed by atoms with Gasteiger partial charge in [-0.2, -0.15) is 0 Å². The number of nitrogens with two attached hydrogens (primary N) is 1. The van der Waals surface area contributed by atoms with Gasteiger partial charge in [0.25, 0.3) is 5.91 Å². The highest BCUT2D eigenvalue weighted by molar-refractivity contribution is 5.91. The standard InChI is InChI=1S/C9H13N3O2/c10-6-2-1-3-7(6)12-9(13)8-4-5-11-14-8/h4-7H,1-3,10H2,(H,12,13). The van der Waals surface area contributed by atoms with Crippen LogP contribution in [0.25, 0.3) is 0 Å². The Morgan fingerprint density at radius 2 is 2.50 bits per heavy atom. The molecule has 5 heteroatoms. The molecule has 1 aromatic rings. The summed E-state index contributed by atoms with van der Waals surface area (Å²) in [5.41, 5.74) is 5.82. The minimum atomic E-state index is -0.232. The van der Waals surface area contributed by atoms with Gasteiger partial charge in [0.15, 0.2) is 0 Å². The zero-order valence-corrected chi connectivity index (χ0v) is 7.77. The molecule has 0 spiro atoms. The Kier molecular flexibility index (Phi) is 2.49. The number of carbonyl (C=O) groups is 1. The Hall–Kier alpha value is -1.36. The summed E-state index contributed by atoms with van der Waals surface area (Å²) in [6.07, 6.45) is 4.44. The van der Waals surface area contributed by atoms with Gasteiger partial charge in [0.2, 0.25) is 5.76 Å². The van der Waals surface area contributed by atoms with E-state index in [1.807, 2.05) is 0 Å². The minimum absolute atomic E-state index is 0.0712. The van der Waals surface area contributed by atoms with Crippen LogP contribution in [-0.2, 0) is 0 Å². The first kappa shape index (κ1) is 9.21. The van der Waals surface area contributed by atoms with E-state index in [-0.39, 0.29) is 23.8 Å². The highest BCUT2D eigenvalue weighted by atomic mass is 16.5. The summed E-state index contributed by atoms with van der Waals surface area (Å²) in [7, 11) is 0. The van der Waals surface area contributed by atoms with Crippen LogP contribution in [0.3, 0.4) is 0 Å². The Morgan fingerprint density at radius 1 is 1.64 bits per heavy atom. The molecule has 1 heterocycles. The second-order valence-corrected chi connectivity index (χ2v) is 3.55. The first-order valence-electron chi connectivity index (χ1n) is 4.74. The molecular weight excluding hydrogens is 182 g/mol. The van der Waals surface area contributed by atoms with Crippen molar-refractivity contribution in [1.82, 2.24) is 10.5 Å². The zero-order valence-electron chi connectivity index (χ0n) is 7.77. The molecule has 3 N–H and O–H groups in total. The lowest BCUT2D eigenvalue weighted by atomic mass is 10.2. The summed E-state index contributed by atoms with van der Waals surface area (Å²) in [5, 5.41) is 6.30. The zero-order chi connectivity index (χ0) is 9.97. The molecule has 2 atom stereocenters. The second-order valence-electron chi connectivity index (χ2n) is 3.55. The SMILES string of the molecule is NC1CCCC1NC(=O)c1ccno1. The number of nitrogens with one attached hydrogen (secondary N) is 1. The van der Waals surface area contributed by atoms with Gasteiger partial charge in [0, 0.05) is 18.2 Å². The fourth-order valence-corrected chi connectivity index (χ4v) is 1.74. The molecule has 1 fully saturated rings. The van der Waals surface area contributed by atoms with Crippen molar-refractivity contribution < 1.29 is 9.32 Å². The first-order valence-corrected chi connectivity index (χ1v) is 4.74. The maximum atomic E-state index is 11.5. The maximum absolute atomic E-state index is 11.5. The third kappa shape index (κ3) is 1.77. The number of aromatic nitrogens is 1. The van der Waals surface area contributed by atoms with Gasteiger partial charge in [-0.1, -0.05) is 5.16 Å². The largest absolute Gasteiger partial charge is 0.351 e. The summed E-state index contributed by atoms with van der Waals surface area (Å²) in [6, 6.07) is 1.69. The second kappa shape index (κ2) is 3.79. The van der Waals surface area contributed by atoms with Crippen molar-refractivity contribution in [3.63, 3.8) is 0 Å². The predicted octanol–water partition coefficient (Wildman–Crippen LogP) is 0.284. The Labute approximate surface area is 81.6 Å². The number of rotatable bonds is 2. The number of carbonyl (C=O) groups excluding carboxylic acids is 1. The van der Waals surface area contributed by atoms with Crippen LogP contribution in [-0.4, -0.2) is 23.1 Å². The van der Waals surface area contributed by atoms with Crippen molar-refractivity contribution in [2.75, 3.05) is 0 Å². The smallest absolute Gasteiger partial charge is 0.290 e. The molecule has 0 radical (unpaired) electrons. The lowest BCUT2D eigenvalue weighted by Crippen LogP contribution is -2.43. The monoisotopic (exact) mass is 195 g/mol. The molecule has 2 rings (SSSR count). The van der Waals surface area contributed by atoms with Gasteiger partial charge in [0.05, 0.1) is 6.20 Å². The van der Waals surface area contributed by atoms with Crippen molar-refractivity contribution in [2.24, 2.45) is 5.73 Å². The molecule has 14 heavy (non-hydrogen) atoms. The maximum Gasteiger partial charge on any atom is 0.290 e. The van der Waals surface area contributed by atoms with Crippen molar-refractivity contribution in [3.8, 4) is 0 Å². The Balaban J connectivity index is 1.95. The van der Waals surface area contributed by atoms with Gasteiger partial charge in [-0.05, 0) is 19.3 Å². The van der Waals surface area contributed by atoms with Crippen LogP contribution in [0, 0.1) is 0 Å². The van der Waals surface area contributed by atoms with Gasteiger partial charge < -0.3 is 15.6 Å². The molecule has 1 aliphatic carbocycles. The summed E-state index contributed by atoms with van der Waals surface area (Å²) < 4.78 is 4.74. The van der Waals surface area contributed by atoms with Crippen molar-refractivity contribution in [2.45, 2.75) is 31.3 Å². The molecule has 1 amide bonds. The van der Waals surface area contributed by atoms with Crippen molar-refractivity contribution in [1.29, 1.82) is 0 Å². The van der Waals surface area contributed by atoms with E-state index in [4.69, 9.17) is 10.3 Å². The van der Waals surface area contributed by atoms with Gasteiger partial charge in [-0.3, -0.25) is 4.79 Å². The van der Waals surface area contributed by atoms with E-state index >= 15 is 0 Å². The fourth-order valence-electron chi connectivity index (χ4n) is 1.74.